The summed E-state index contributed by atoms with van der Waals surface area (Å²) in [7, 11) is 0. The van der Waals surface area contributed by atoms with E-state index >= 15 is 0 Å². The predicted octanol–water partition coefficient (Wildman–Crippen LogP) is 1.90. The maximum absolute atomic E-state index is 12.7. The molecule has 1 fully saturated rings. The first-order valence-corrected chi connectivity index (χ1v) is 3.64. The largest absolute Gasteiger partial charge is 0.481 e. The summed E-state index contributed by atoms with van der Waals surface area (Å²) < 4.78 is 25.5. The van der Waals surface area contributed by atoms with Crippen molar-refractivity contribution in [2.75, 3.05) is 0 Å². The zero-order valence-electron chi connectivity index (χ0n) is 6.02. The zero-order chi connectivity index (χ0) is 8.48. The summed E-state index contributed by atoms with van der Waals surface area (Å²) >= 11 is 0. The van der Waals surface area contributed by atoms with Crippen molar-refractivity contribution in [1.29, 1.82) is 0 Å². The van der Waals surface area contributed by atoms with E-state index in [-0.39, 0.29) is 12.8 Å². The Morgan fingerprint density at radius 3 is 2.45 bits per heavy atom. The lowest BCUT2D eigenvalue weighted by Gasteiger charge is -2.27. The van der Waals surface area contributed by atoms with Crippen molar-refractivity contribution in [3.63, 3.8) is 0 Å². The zero-order valence-corrected chi connectivity index (χ0v) is 6.02. The van der Waals surface area contributed by atoms with Gasteiger partial charge in [0.05, 0.1) is 0 Å². The minimum Gasteiger partial charge on any atom is -0.481 e. The summed E-state index contributed by atoms with van der Waals surface area (Å²) in [5, 5.41) is 8.39. The number of aliphatic carboxylic acids is 1. The van der Waals surface area contributed by atoms with Gasteiger partial charge in [0.2, 0.25) is 0 Å². The maximum Gasteiger partial charge on any atom is 0.312 e. The molecule has 1 aliphatic carbocycles. The Morgan fingerprint density at radius 1 is 1.45 bits per heavy atom. The molecule has 0 aromatic rings. The Morgan fingerprint density at radius 2 is 2.09 bits per heavy atom. The van der Waals surface area contributed by atoms with Gasteiger partial charge in [0.1, 0.15) is 5.92 Å². The highest BCUT2D eigenvalue weighted by atomic mass is 19.3. The van der Waals surface area contributed by atoms with E-state index in [9.17, 15) is 13.6 Å². The molecule has 0 aromatic heterocycles. The topological polar surface area (TPSA) is 37.3 Å². The van der Waals surface area contributed by atoms with Crippen LogP contribution in [0.25, 0.3) is 0 Å². The fourth-order valence-corrected chi connectivity index (χ4v) is 1.40. The van der Waals surface area contributed by atoms with Crippen molar-refractivity contribution in [2.24, 2.45) is 5.92 Å². The number of rotatable bonds is 1. The predicted molar refractivity (Wildman–Crippen MR) is 34.5 cm³/mol. The van der Waals surface area contributed by atoms with Crippen LogP contribution in [0.1, 0.15) is 25.7 Å². The molecule has 0 saturated heterocycles. The molecule has 1 atom stereocenters. The molecule has 0 aliphatic heterocycles. The molecule has 64 valence electrons. The van der Waals surface area contributed by atoms with Gasteiger partial charge in [0.25, 0.3) is 5.92 Å². The monoisotopic (exact) mass is 164 g/mol. The van der Waals surface area contributed by atoms with Gasteiger partial charge in [0.15, 0.2) is 0 Å². The molecule has 2 nitrogen and oxygen atoms in total. The van der Waals surface area contributed by atoms with E-state index in [0.29, 0.717) is 12.8 Å². The average Bonchev–Trinajstić information content (AvgIpc) is 1.85. The van der Waals surface area contributed by atoms with Gasteiger partial charge >= 0.3 is 5.97 Å². The van der Waals surface area contributed by atoms with Crippen molar-refractivity contribution < 1.29 is 18.7 Å². The Balaban J connectivity index is 2.67. The summed E-state index contributed by atoms with van der Waals surface area (Å²) in [6.45, 7) is 0. The van der Waals surface area contributed by atoms with Gasteiger partial charge in [-0.15, -0.1) is 0 Å². The average molecular weight is 164 g/mol. The van der Waals surface area contributed by atoms with Gasteiger partial charge in [0, 0.05) is 6.42 Å². The second-order valence-electron chi connectivity index (χ2n) is 2.90. The molecule has 0 spiro atoms. The van der Waals surface area contributed by atoms with Crippen LogP contribution >= 0.6 is 0 Å². The fraction of sp³-hybridized carbons (Fsp3) is 0.857. The summed E-state index contributed by atoms with van der Waals surface area (Å²) in [5.74, 6) is -5.80. The number of halogens is 2. The minimum atomic E-state index is -2.98. The lowest BCUT2D eigenvalue weighted by atomic mass is 9.86. The molecule has 11 heavy (non-hydrogen) atoms. The van der Waals surface area contributed by atoms with Gasteiger partial charge in [-0.1, -0.05) is 6.42 Å². The standard InChI is InChI=1S/C7H10F2O2/c8-7(9)4-2-1-3-5(7)6(10)11/h5H,1-4H2,(H,10,11). The van der Waals surface area contributed by atoms with Crippen LogP contribution in [0, 0.1) is 5.92 Å². The van der Waals surface area contributed by atoms with Crippen LogP contribution in [-0.4, -0.2) is 17.0 Å². The quantitative estimate of drug-likeness (QED) is 0.642. The molecule has 0 heterocycles. The second kappa shape index (κ2) is 2.75. The Hall–Kier alpha value is -0.670. The number of hydrogen-bond donors (Lipinski definition) is 1. The van der Waals surface area contributed by atoms with Gasteiger partial charge in [-0.2, -0.15) is 0 Å². The highest BCUT2D eigenvalue weighted by molar-refractivity contribution is 5.71. The molecule has 1 rings (SSSR count). The minimum absolute atomic E-state index is 0.113. The lowest BCUT2D eigenvalue weighted by molar-refractivity contribution is -0.162. The van der Waals surface area contributed by atoms with Crippen molar-refractivity contribution >= 4 is 5.97 Å². The first-order valence-electron chi connectivity index (χ1n) is 3.64. The van der Waals surface area contributed by atoms with E-state index in [1.165, 1.54) is 0 Å². The number of carbonyl (C=O) groups is 1. The molecular formula is C7H10F2O2. The van der Waals surface area contributed by atoms with E-state index in [2.05, 4.69) is 0 Å². The van der Waals surface area contributed by atoms with Crippen LogP contribution < -0.4 is 0 Å². The molecule has 1 N–H and O–H groups in total. The third-order valence-corrected chi connectivity index (χ3v) is 2.06. The van der Waals surface area contributed by atoms with E-state index in [0.717, 1.165) is 0 Å². The van der Waals surface area contributed by atoms with E-state index in [1.54, 1.807) is 0 Å². The first kappa shape index (κ1) is 8.43. The Kier molecular flexibility index (Phi) is 2.11. The first-order chi connectivity index (χ1) is 5.04. The Bertz CT molecular complexity index is 168. The number of hydrogen-bond acceptors (Lipinski definition) is 1. The molecule has 1 saturated carbocycles. The maximum atomic E-state index is 12.7. The number of carboxylic acids is 1. The molecule has 0 bridgehead atoms. The van der Waals surface area contributed by atoms with Crippen LogP contribution in [0.5, 0.6) is 0 Å². The third kappa shape index (κ3) is 1.67. The van der Waals surface area contributed by atoms with Crippen LogP contribution in [0.3, 0.4) is 0 Å². The summed E-state index contributed by atoms with van der Waals surface area (Å²) in [6.07, 6.45) is 0.885. The van der Waals surface area contributed by atoms with Crippen molar-refractivity contribution in [3.8, 4) is 0 Å². The molecular weight excluding hydrogens is 154 g/mol. The molecule has 1 unspecified atom stereocenters. The fourth-order valence-electron chi connectivity index (χ4n) is 1.40. The van der Waals surface area contributed by atoms with Gasteiger partial charge < -0.3 is 5.11 Å². The molecule has 0 radical (unpaired) electrons. The number of alkyl halides is 2. The highest BCUT2D eigenvalue weighted by Crippen LogP contribution is 2.38. The molecule has 0 aromatic carbocycles. The molecule has 4 heteroatoms. The highest BCUT2D eigenvalue weighted by Gasteiger charge is 2.45. The van der Waals surface area contributed by atoms with Gasteiger partial charge in [-0.25, -0.2) is 8.78 Å². The van der Waals surface area contributed by atoms with E-state index < -0.39 is 17.8 Å². The summed E-state index contributed by atoms with van der Waals surface area (Å²) in [4.78, 5) is 10.3. The normalized spacial score (nSPS) is 29.8. The van der Waals surface area contributed by atoms with Crippen LogP contribution in [-0.2, 0) is 4.79 Å². The smallest absolute Gasteiger partial charge is 0.312 e. The van der Waals surface area contributed by atoms with Crippen molar-refractivity contribution in [2.45, 2.75) is 31.6 Å². The van der Waals surface area contributed by atoms with Crippen LogP contribution in [0.4, 0.5) is 8.78 Å². The molecule has 0 amide bonds. The van der Waals surface area contributed by atoms with Crippen molar-refractivity contribution in [3.05, 3.63) is 0 Å². The van der Waals surface area contributed by atoms with E-state index in [1.807, 2.05) is 0 Å². The Labute approximate surface area is 63.2 Å². The van der Waals surface area contributed by atoms with Crippen LogP contribution in [0.15, 0.2) is 0 Å². The summed E-state index contributed by atoms with van der Waals surface area (Å²) in [5.41, 5.74) is 0. The van der Waals surface area contributed by atoms with Gasteiger partial charge in [-0.05, 0) is 12.8 Å². The number of carboxylic acid groups (broad SMARTS) is 1. The van der Waals surface area contributed by atoms with Crippen molar-refractivity contribution in [1.82, 2.24) is 0 Å². The second-order valence-corrected chi connectivity index (χ2v) is 2.90. The summed E-state index contributed by atoms with van der Waals surface area (Å²) in [6, 6.07) is 0. The third-order valence-electron chi connectivity index (χ3n) is 2.06. The van der Waals surface area contributed by atoms with E-state index in [4.69, 9.17) is 5.11 Å². The van der Waals surface area contributed by atoms with Crippen LogP contribution in [0.2, 0.25) is 0 Å². The van der Waals surface area contributed by atoms with Gasteiger partial charge in [-0.3, -0.25) is 4.79 Å². The SMILES string of the molecule is O=C(O)C1CCCCC1(F)F. The molecule has 1 aliphatic rings. The lowest BCUT2D eigenvalue weighted by Crippen LogP contribution is -2.37.